The van der Waals surface area contributed by atoms with E-state index in [1.165, 1.54) is 11.3 Å². The maximum absolute atomic E-state index is 13.3. The molecule has 0 aliphatic carbocycles. The number of hydrogen-bond donors (Lipinski definition) is 2. The van der Waals surface area contributed by atoms with E-state index in [2.05, 4.69) is 42.3 Å². The Labute approximate surface area is 250 Å². The molecule has 0 spiro atoms. The summed E-state index contributed by atoms with van der Waals surface area (Å²) >= 11 is 1.44. The Morgan fingerprint density at radius 2 is 1.93 bits per heavy atom. The number of carbonyl (C=O) groups excluding carboxylic acids is 2. The minimum Gasteiger partial charge on any atom is -0.460 e. The van der Waals surface area contributed by atoms with Gasteiger partial charge in [0.05, 0.1) is 24.0 Å². The molecule has 11 nitrogen and oxygen atoms in total. The van der Waals surface area contributed by atoms with Crippen LogP contribution < -0.4 is 20.3 Å². The van der Waals surface area contributed by atoms with E-state index in [1.54, 1.807) is 23.8 Å². The number of piperidine rings is 1. The number of amides is 2. The van der Waals surface area contributed by atoms with Gasteiger partial charge in [0.25, 0.3) is 11.8 Å². The van der Waals surface area contributed by atoms with Crippen LogP contribution in [0.25, 0.3) is 0 Å². The molecular formula is C30H39N7O4S. The zero-order valence-corrected chi connectivity index (χ0v) is 25.1. The number of carbonyl (C=O) groups is 2. The number of thiazole rings is 1. The quantitative estimate of drug-likeness (QED) is 0.340. The second-order valence-corrected chi connectivity index (χ2v) is 11.4. The van der Waals surface area contributed by atoms with Gasteiger partial charge in [-0.1, -0.05) is 19.9 Å². The van der Waals surface area contributed by atoms with E-state index < -0.39 is 0 Å². The van der Waals surface area contributed by atoms with Crippen LogP contribution in [0.4, 0.5) is 10.8 Å². The Morgan fingerprint density at radius 1 is 1.12 bits per heavy atom. The van der Waals surface area contributed by atoms with E-state index in [1.807, 2.05) is 25.1 Å². The summed E-state index contributed by atoms with van der Waals surface area (Å²) in [7, 11) is 0. The van der Waals surface area contributed by atoms with Crippen LogP contribution >= 0.6 is 11.3 Å². The number of hydrogen-bond acceptors (Lipinski definition) is 10. The molecule has 0 bridgehead atoms. The molecule has 5 rings (SSSR count). The van der Waals surface area contributed by atoms with Crippen molar-refractivity contribution in [3.8, 4) is 6.01 Å². The third-order valence-corrected chi connectivity index (χ3v) is 8.35. The molecule has 42 heavy (non-hydrogen) atoms. The Morgan fingerprint density at radius 3 is 2.69 bits per heavy atom. The fourth-order valence-electron chi connectivity index (χ4n) is 5.11. The highest BCUT2D eigenvalue weighted by Crippen LogP contribution is 2.27. The number of nitrogens with one attached hydrogen (secondary N) is 2. The first-order chi connectivity index (χ1) is 20.5. The third kappa shape index (κ3) is 7.81. The summed E-state index contributed by atoms with van der Waals surface area (Å²) in [6.45, 7) is 9.37. The van der Waals surface area contributed by atoms with E-state index in [0.29, 0.717) is 36.1 Å². The van der Waals surface area contributed by atoms with Gasteiger partial charge in [0.15, 0.2) is 5.13 Å². The molecule has 2 aliphatic heterocycles. The molecule has 12 heteroatoms. The van der Waals surface area contributed by atoms with Crippen LogP contribution in [0, 0.1) is 0 Å². The molecule has 2 aromatic heterocycles. The van der Waals surface area contributed by atoms with Crippen molar-refractivity contribution < 1.29 is 19.1 Å². The van der Waals surface area contributed by atoms with Crippen molar-refractivity contribution in [2.75, 3.05) is 49.5 Å². The highest BCUT2D eigenvalue weighted by atomic mass is 32.1. The fourth-order valence-corrected chi connectivity index (χ4v) is 5.97. The summed E-state index contributed by atoms with van der Waals surface area (Å²) in [5, 5.41) is 8.45. The molecule has 2 aliphatic rings. The van der Waals surface area contributed by atoms with Crippen molar-refractivity contribution in [2.45, 2.75) is 58.3 Å². The predicted molar refractivity (Wildman–Crippen MR) is 162 cm³/mol. The van der Waals surface area contributed by atoms with Gasteiger partial charge >= 0.3 is 6.01 Å². The maximum atomic E-state index is 13.3. The summed E-state index contributed by atoms with van der Waals surface area (Å²) < 4.78 is 11.7. The molecule has 2 amide bonds. The number of benzene rings is 1. The summed E-state index contributed by atoms with van der Waals surface area (Å²) in [5.41, 5.74) is 2.28. The number of rotatable bonds is 11. The van der Waals surface area contributed by atoms with Gasteiger partial charge in [0.2, 0.25) is 0 Å². The van der Waals surface area contributed by atoms with Crippen molar-refractivity contribution in [3.05, 3.63) is 58.9 Å². The van der Waals surface area contributed by atoms with Crippen molar-refractivity contribution >= 4 is 34.0 Å². The standard InChI is InChI=1S/C30H39N7O4S/c1-3-10-31-27(38)24-17-21(18-36-15-16-40-22(4-2)19-36)6-7-25(24)34-28(39)26-20-42-30(35-26)37-13-8-23(9-14-37)41-29-32-11-5-12-33-29/h5-7,11-12,17,20,22-23H,3-4,8-10,13-16,18-19H2,1-2H3,(H,31,38)(H,34,39)/t22-/m0/s1. The van der Waals surface area contributed by atoms with Gasteiger partial charge in [0, 0.05) is 69.9 Å². The van der Waals surface area contributed by atoms with Crippen LogP contribution in [0.2, 0.25) is 0 Å². The Balaban J connectivity index is 1.22. The van der Waals surface area contributed by atoms with Gasteiger partial charge in [-0.25, -0.2) is 15.0 Å². The van der Waals surface area contributed by atoms with Crippen LogP contribution in [-0.2, 0) is 11.3 Å². The second-order valence-electron chi connectivity index (χ2n) is 10.6. The molecule has 1 atom stereocenters. The molecule has 224 valence electrons. The topological polar surface area (TPSA) is 122 Å². The highest BCUT2D eigenvalue weighted by molar-refractivity contribution is 7.14. The minimum absolute atomic E-state index is 0.0444. The fraction of sp³-hybridized carbons (Fsp3) is 0.500. The van der Waals surface area contributed by atoms with Crippen LogP contribution in [0.5, 0.6) is 6.01 Å². The Bertz CT molecular complexity index is 1330. The monoisotopic (exact) mass is 593 g/mol. The van der Waals surface area contributed by atoms with E-state index in [9.17, 15) is 9.59 Å². The first-order valence-corrected chi connectivity index (χ1v) is 15.6. The summed E-state index contributed by atoms with van der Waals surface area (Å²) in [4.78, 5) is 43.8. The lowest BCUT2D eigenvalue weighted by molar-refractivity contribution is -0.0324. The molecule has 2 fully saturated rings. The molecule has 0 saturated carbocycles. The second kappa shape index (κ2) is 14.5. The van der Waals surface area contributed by atoms with E-state index in [-0.39, 0.29) is 24.0 Å². The van der Waals surface area contributed by atoms with Gasteiger partial charge in [0.1, 0.15) is 11.8 Å². The zero-order chi connectivity index (χ0) is 29.3. The lowest BCUT2D eigenvalue weighted by atomic mass is 10.1. The first kappa shape index (κ1) is 29.9. The van der Waals surface area contributed by atoms with Crippen LogP contribution in [-0.4, -0.2) is 83.2 Å². The molecule has 1 aromatic carbocycles. The average Bonchev–Trinajstić information content (AvgIpc) is 3.52. The van der Waals surface area contributed by atoms with Crippen LogP contribution in [0.15, 0.2) is 42.0 Å². The van der Waals surface area contributed by atoms with Gasteiger partial charge in [-0.05, 0) is 36.6 Å². The van der Waals surface area contributed by atoms with Gasteiger partial charge < -0.3 is 25.0 Å². The summed E-state index contributed by atoms with van der Waals surface area (Å²) in [6.07, 6.45) is 7.03. The molecule has 4 heterocycles. The summed E-state index contributed by atoms with van der Waals surface area (Å²) in [6, 6.07) is 7.83. The van der Waals surface area contributed by atoms with Crippen molar-refractivity contribution in [1.29, 1.82) is 0 Å². The Hall–Kier alpha value is -3.61. The molecule has 0 unspecified atom stereocenters. The van der Waals surface area contributed by atoms with Gasteiger partial charge in [-0.3, -0.25) is 14.5 Å². The number of morpholine rings is 1. The van der Waals surface area contributed by atoms with Crippen molar-refractivity contribution in [3.63, 3.8) is 0 Å². The number of aromatic nitrogens is 3. The van der Waals surface area contributed by atoms with Crippen LogP contribution in [0.3, 0.4) is 0 Å². The van der Waals surface area contributed by atoms with E-state index in [4.69, 9.17) is 9.47 Å². The number of nitrogens with zero attached hydrogens (tertiary/aromatic N) is 5. The number of anilines is 2. The summed E-state index contributed by atoms with van der Waals surface area (Å²) in [5.74, 6) is -0.541. The zero-order valence-electron chi connectivity index (χ0n) is 24.3. The van der Waals surface area contributed by atoms with Gasteiger partial charge in [-0.2, -0.15) is 0 Å². The molecule has 0 radical (unpaired) electrons. The normalized spacial score (nSPS) is 18.0. The lowest BCUT2D eigenvalue weighted by Crippen LogP contribution is -2.41. The first-order valence-electron chi connectivity index (χ1n) is 14.7. The van der Waals surface area contributed by atoms with E-state index in [0.717, 1.165) is 69.1 Å². The smallest absolute Gasteiger partial charge is 0.316 e. The molecular weight excluding hydrogens is 554 g/mol. The van der Waals surface area contributed by atoms with Crippen molar-refractivity contribution in [2.24, 2.45) is 0 Å². The SMILES string of the molecule is CCCNC(=O)c1cc(CN2CCO[C@@H](CC)C2)ccc1NC(=O)c1csc(N2CCC(Oc3ncccn3)CC2)n1. The largest absolute Gasteiger partial charge is 0.460 e. The average molecular weight is 594 g/mol. The third-order valence-electron chi connectivity index (χ3n) is 7.45. The minimum atomic E-state index is -0.340. The number of ether oxygens (including phenoxy) is 2. The lowest BCUT2D eigenvalue weighted by Gasteiger charge is -2.32. The maximum Gasteiger partial charge on any atom is 0.316 e. The molecule has 3 aromatic rings. The molecule has 2 saturated heterocycles. The predicted octanol–water partition coefficient (Wildman–Crippen LogP) is 3.98. The van der Waals surface area contributed by atoms with Gasteiger partial charge in [-0.15, -0.1) is 11.3 Å². The Kier molecular flexibility index (Phi) is 10.3. The van der Waals surface area contributed by atoms with Crippen molar-refractivity contribution in [1.82, 2.24) is 25.2 Å². The van der Waals surface area contributed by atoms with Crippen LogP contribution in [0.1, 0.15) is 65.9 Å². The molecule has 2 N–H and O–H groups in total. The highest BCUT2D eigenvalue weighted by Gasteiger charge is 2.25. The van der Waals surface area contributed by atoms with E-state index >= 15 is 0 Å².